The maximum atomic E-state index is 5.19. The lowest BCUT2D eigenvalue weighted by Crippen LogP contribution is -1.92. The second kappa shape index (κ2) is 5.69. The summed E-state index contributed by atoms with van der Waals surface area (Å²) < 4.78 is 6.21. The van der Waals surface area contributed by atoms with E-state index < -0.39 is 0 Å². The Labute approximate surface area is 131 Å². The van der Waals surface area contributed by atoms with E-state index in [0.29, 0.717) is 0 Å². The fourth-order valence-corrected chi connectivity index (χ4v) is 2.58. The van der Waals surface area contributed by atoms with Crippen molar-refractivity contribution in [3.8, 4) is 28.3 Å². The molecule has 0 fully saturated rings. The Bertz CT molecular complexity index is 765. The minimum atomic E-state index is 0.826. The molecule has 0 saturated heterocycles. The molecule has 0 amide bonds. The smallest absolute Gasteiger partial charge is 0.121 e. The van der Waals surface area contributed by atoms with Crippen LogP contribution >= 0.6 is 15.9 Å². The molecule has 0 radical (unpaired) electrons. The van der Waals surface area contributed by atoms with Crippen LogP contribution in [-0.2, 0) is 7.05 Å². The highest BCUT2D eigenvalue weighted by molar-refractivity contribution is 9.10. The van der Waals surface area contributed by atoms with Crippen LogP contribution in [0.2, 0.25) is 0 Å². The topological polar surface area (TPSA) is 39.9 Å². The standard InChI is InChI=1S/C16H14BrN3O/c1-20-18-15(11-6-8-14(21-2)9-7-11)16(19-20)12-4-3-5-13(17)10-12/h3-10H,1-2H3. The number of methoxy groups -OCH3 is 1. The average Bonchev–Trinajstić information content (AvgIpc) is 2.89. The van der Waals surface area contributed by atoms with Crippen LogP contribution in [0.25, 0.3) is 22.5 Å². The lowest BCUT2D eigenvalue weighted by atomic mass is 10.1. The van der Waals surface area contributed by atoms with E-state index in [1.165, 1.54) is 0 Å². The molecule has 21 heavy (non-hydrogen) atoms. The number of hydrogen-bond acceptors (Lipinski definition) is 3. The number of hydrogen-bond donors (Lipinski definition) is 0. The summed E-state index contributed by atoms with van der Waals surface area (Å²) in [5.41, 5.74) is 3.77. The predicted octanol–water partition coefficient (Wildman–Crippen LogP) is 3.92. The summed E-state index contributed by atoms with van der Waals surface area (Å²) >= 11 is 3.49. The van der Waals surface area contributed by atoms with Crippen molar-refractivity contribution in [1.29, 1.82) is 0 Å². The highest BCUT2D eigenvalue weighted by atomic mass is 79.9. The molecule has 0 N–H and O–H groups in total. The van der Waals surface area contributed by atoms with Crippen molar-refractivity contribution in [2.24, 2.45) is 7.05 Å². The second-order valence-electron chi connectivity index (χ2n) is 4.63. The molecule has 0 aliphatic heterocycles. The van der Waals surface area contributed by atoms with Crippen LogP contribution in [0.3, 0.4) is 0 Å². The lowest BCUT2D eigenvalue weighted by Gasteiger charge is -2.03. The van der Waals surface area contributed by atoms with Gasteiger partial charge in [0.05, 0.1) is 7.11 Å². The molecule has 3 aromatic rings. The molecule has 0 aliphatic rings. The fraction of sp³-hybridized carbons (Fsp3) is 0.125. The van der Waals surface area contributed by atoms with E-state index in [4.69, 9.17) is 4.74 Å². The van der Waals surface area contributed by atoms with Crippen LogP contribution in [0.4, 0.5) is 0 Å². The van der Waals surface area contributed by atoms with Crippen LogP contribution < -0.4 is 4.74 Å². The highest BCUT2D eigenvalue weighted by Gasteiger charge is 2.14. The zero-order valence-corrected chi connectivity index (χ0v) is 13.3. The van der Waals surface area contributed by atoms with Crippen molar-refractivity contribution in [3.63, 3.8) is 0 Å². The quantitative estimate of drug-likeness (QED) is 0.723. The van der Waals surface area contributed by atoms with Gasteiger partial charge >= 0.3 is 0 Å². The highest BCUT2D eigenvalue weighted by Crippen LogP contribution is 2.31. The third kappa shape index (κ3) is 2.83. The van der Waals surface area contributed by atoms with Gasteiger partial charge in [-0.3, -0.25) is 0 Å². The molecule has 4 nitrogen and oxygen atoms in total. The Morgan fingerprint density at radius 1 is 0.952 bits per heavy atom. The minimum Gasteiger partial charge on any atom is -0.497 e. The van der Waals surface area contributed by atoms with Gasteiger partial charge in [0, 0.05) is 22.6 Å². The molecule has 0 spiro atoms. The Hall–Kier alpha value is -2.14. The zero-order valence-electron chi connectivity index (χ0n) is 11.7. The lowest BCUT2D eigenvalue weighted by molar-refractivity contribution is 0.415. The third-order valence-electron chi connectivity index (χ3n) is 3.18. The van der Waals surface area contributed by atoms with E-state index in [2.05, 4.69) is 26.1 Å². The Balaban J connectivity index is 2.10. The van der Waals surface area contributed by atoms with Gasteiger partial charge in [-0.2, -0.15) is 15.0 Å². The van der Waals surface area contributed by atoms with E-state index in [-0.39, 0.29) is 0 Å². The number of benzene rings is 2. The molecule has 0 atom stereocenters. The second-order valence-corrected chi connectivity index (χ2v) is 5.54. The molecular formula is C16H14BrN3O. The van der Waals surface area contributed by atoms with Crippen molar-refractivity contribution < 1.29 is 4.74 Å². The molecule has 2 aromatic carbocycles. The van der Waals surface area contributed by atoms with Crippen LogP contribution in [0.5, 0.6) is 5.75 Å². The third-order valence-corrected chi connectivity index (χ3v) is 3.67. The normalized spacial score (nSPS) is 10.6. The maximum Gasteiger partial charge on any atom is 0.121 e. The number of nitrogens with zero attached hydrogens (tertiary/aromatic N) is 3. The number of halogens is 1. The first-order valence-electron chi connectivity index (χ1n) is 6.49. The van der Waals surface area contributed by atoms with Gasteiger partial charge in [0.1, 0.15) is 17.1 Å². The van der Waals surface area contributed by atoms with Crippen LogP contribution in [0.1, 0.15) is 0 Å². The molecule has 0 bridgehead atoms. The van der Waals surface area contributed by atoms with E-state index in [0.717, 1.165) is 32.7 Å². The van der Waals surface area contributed by atoms with Crippen LogP contribution in [0, 0.1) is 0 Å². The van der Waals surface area contributed by atoms with Gasteiger partial charge in [-0.25, -0.2) is 0 Å². The number of aryl methyl sites for hydroxylation is 1. The van der Waals surface area contributed by atoms with Gasteiger partial charge in [-0.05, 0) is 36.4 Å². The fourth-order valence-electron chi connectivity index (χ4n) is 2.18. The monoisotopic (exact) mass is 343 g/mol. The summed E-state index contributed by atoms with van der Waals surface area (Å²) in [6.07, 6.45) is 0. The van der Waals surface area contributed by atoms with Crippen molar-refractivity contribution in [3.05, 3.63) is 53.0 Å². The summed E-state index contributed by atoms with van der Waals surface area (Å²) in [5.74, 6) is 0.826. The molecule has 0 aliphatic carbocycles. The van der Waals surface area contributed by atoms with Gasteiger partial charge in [0.25, 0.3) is 0 Å². The largest absolute Gasteiger partial charge is 0.497 e. The van der Waals surface area contributed by atoms with E-state index in [9.17, 15) is 0 Å². The zero-order chi connectivity index (χ0) is 14.8. The minimum absolute atomic E-state index is 0.826. The summed E-state index contributed by atoms with van der Waals surface area (Å²) in [6.45, 7) is 0. The van der Waals surface area contributed by atoms with Crippen molar-refractivity contribution in [1.82, 2.24) is 15.0 Å². The molecule has 1 aromatic heterocycles. The molecule has 1 heterocycles. The maximum absolute atomic E-state index is 5.19. The van der Waals surface area contributed by atoms with Gasteiger partial charge in [-0.15, -0.1) is 0 Å². The van der Waals surface area contributed by atoms with Gasteiger partial charge in [0.2, 0.25) is 0 Å². The first-order valence-corrected chi connectivity index (χ1v) is 7.28. The van der Waals surface area contributed by atoms with Gasteiger partial charge < -0.3 is 4.74 Å². The average molecular weight is 344 g/mol. The van der Waals surface area contributed by atoms with E-state index >= 15 is 0 Å². The number of rotatable bonds is 3. The molecule has 0 saturated carbocycles. The number of aromatic nitrogens is 3. The summed E-state index contributed by atoms with van der Waals surface area (Å²) in [5, 5.41) is 8.99. The summed E-state index contributed by atoms with van der Waals surface area (Å²) in [4.78, 5) is 1.59. The Morgan fingerprint density at radius 2 is 1.62 bits per heavy atom. The first-order chi connectivity index (χ1) is 10.2. The van der Waals surface area contributed by atoms with Crippen molar-refractivity contribution in [2.75, 3.05) is 7.11 Å². The number of ether oxygens (including phenoxy) is 1. The molecular weight excluding hydrogens is 330 g/mol. The molecule has 3 rings (SSSR count). The summed E-state index contributed by atoms with van der Waals surface area (Å²) in [6, 6.07) is 15.9. The van der Waals surface area contributed by atoms with Gasteiger partial charge in [-0.1, -0.05) is 28.1 Å². The van der Waals surface area contributed by atoms with Gasteiger partial charge in [0.15, 0.2) is 0 Å². The van der Waals surface area contributed by atoms with Crippen LogP contribution in [0.15, 0.2) is 53.0 Å². The van der Waals surface area contributed by atoms with E-state index in [1.54, 1.807) is 11.9 Å². The first kappa shape index (κ1) is 13.8. The molecule has 106 valence electrons. The Morgan fingerprint density at radius 3 is 2.24 bits per heavy atom. The van der Waals surface area contributed by atoms with Crippen molar-refractivity contribution >= 4 is 15.9 Å². The van der Waals surface area contributed by atoms with Crippen molar-refractivity contribution in [2.45, 2.75) is 0 Å². The van der Waals surface area contributed by atoms with Crippen LogP contribution in [-0.4, -0.2) is 22.1 Å². The predicted molar refractivity (Wildman–Crippen MR) is 86.1 cm³/mol. The summed E-state index contributed by atoms with van der Waals surface area (Å²) in [7, 11) is 3.48. The Kier molecular flexibility index (Phi) is 3.75. The van der Waals surface area contributed by atoms with E-state index in [1.807, 2.05) is 55.6 Å². The SMILES string of the molecule is COc1ccc(-c2nn(C)nc2-c2cccc(Br)c2)cc1. The molecule has 0 unspecified atom stereocenters. The molecule has 5 heteroatoms.